The second kappa shape index (κ2) is 8.85. The number of rotatable bonds is 7. The Balaban J connectivity index is 1.67. The van der Waals surface area contributed by atoms with E-state index in [0.29, 0.717) is 23.3 Å². The van der Waals surface area contributed by atoms with E-state index in [-0.39, 0.29) is 18.4 Å². The van der Waals surface area contributed by atoms with Crippen LogP contribution in [0.5, 0.6) is 5.75 Å². The highest BCUT2D eigenvalue weighted by Gasteiger charge is 2.25. The maximum Gasteiger partial charge on any atom is 0.251 e. The highest BCUT2D eigenvalue weighted by molar-refractivity contribution is 5.96. The minimum absolute atomic E-state index is 0.0263. The van der Waals surface area contributed by atoms with E-state index in [0.717, 1.165) is 19.6 Å². The van der Waals surface area contributed by atoms with Gasteiger partial charge in [-0.1, -0.05) is 19.9 Å². The minimum Gasteiger partial charge on any atom is -0.497 e. The Morgan fingerprint density at radius 1 is 1.28 bits per heavy atom. The van der Waals surface area contributed by atoms with Crippen LogP contribution in [0.15, 0.2) is 24.3 Å². The van der Waals surface area contributed by atoms with Crippen LogP contribution in [0, 0.1) is 5.41 Å². The molecule has 1 saturated heterocycles. The summed E-state index contributed by atoms with van der Waals surface area (Å²) >= 11 is 0. The maximum atomic E-state index is 12.1. The van der Waals surface area contributed by atoms with Gasteiger partial charge in [-0.2, -0.15) is 0 Å². The molecule has 6 nitrogen and oxygen atoms in total. The fourth-order valence-electron chi connectivity index (χ4n) is 3.18. The van der Waals surface area contributed by atoms with Crippen LogP contribution in [-0.4, -0.2) is 56.5 Å². The smallest absolute Gasteiger partial charge is 0.251 e. The fraction of sp³-hybridized carbons (Fsp3) is 0.579. The normalized spacial score (nSPS) is 16.9. The average molecular weight is 347 g/mol. The first-order chi connectivity index (χ1) is 11.9. The fourth-order valence-corrected chi connectivity index (χ4v) is 3.18. The third kappa shape index (κ3) is 6.38. The zero-order chi connectivity index (χ0) is 18.3. The van der Waals surface area contributed by atoms with Gasteiger partial charge in [-0.15, -0.1) is 0 Å². The highest BCUT2D eigenvalue weighted by Crippen LogP contribution is 2.27. The van der Waals surface area contributed by atoms with Gasteiger partial charge in [0.2, 0.25) is 5.91 Å². The number of carbonyl (C=O) groups is 2. The molecular formula is C19H29N3O3. The molecular weight excluding hydrogens is 318 g/mol. The summed E-state index contributed by atoms with van der Waals surface area (Å²) < 4.78 is 5.09. The average Bonchev–Trinajstić information content (AvgIpc) is 2.59. The number of hydrogen-bond acceptors (Lipinski definition) is 4. The lowest BCUT2D eigenvalue weighted by Crippen LogP contribution is -2.45. The molecule has 0 bridgehead atoms. The standard InChI is InChI=1S/C19H29N3O3/c1-19(2)8-5-10-22(14-19)11-9-20-17(23)13-21-18(24)15-6-4-7-16(12-15)25-3/h4,6-7,12H,5,8-11,13-14H2,1-3H3,(H,20,23)(H,21,24). The van der Waals surface area contributed by atoms with Gasteiger partial charge in [0.15, 0.2) is 0 Å². The monoisotopic (exact) mass is 347 g/mol. The van der Waals surface area contributed by atoms with Crippen molar-refractivity contribution in [2.75, 3.05) is 39.8 Å². The predicted molar refractivity (Wildman–Crippen MR) is 97.8 cm³/mol. The molecule has 1 heterocycles. The lowest BCUT2D eigenvalue weighted by molar-refractivity contribution is -0.120. The molecule has 1 aliphatic heterocycles. The lowest BCUT2D eigenvalue weighted by atomic mass is 9.84. The number of carbonyl (C=O) groups excluding carboxylic acids is 2. The quantitative estimate of drug-likeness (QED) is 0.787. The molecule has 6 heteroatoms. The summed E-state index contributed by atoms with van der Waals surface area (Å²) in [6, 6.07) is 6.85. The molecule has 1 aliphatic rings. The molecule has 1 fully saturated rings. The van der Waals surface area contributed by atoms with Gasteiger partial charge in [0.25, 0.3) is 5.91 Å². The zero-order valence-electron chi connectivity index (χ0n) is 15.4. The van der Waals surface area contributed by atoms with Crippen LogP contribution in [-0.2, 0) is 4.79 Å². The molecule has 0 unspecified atom stereocenters. The number of piperidine rings is 1. The summed E-state index contributed by atoms with van der Waals surface area (Å²) in [5.74, 6) is 0.154. The van der Waals surface area contributed by atoms with Gasteiger partial charge < -0.3 is 20.3 Å². The summed E-state index contributed by atoms with van der Waals surface area (Å²) in [7, 11) is 1.55. The van der Waals surface area contributed by atoms with Crippen molar-refractivity contribution in [3.63, 3.8) is 0 Å². The largest absolute Gasteiger partial charge is 0.497 e. The molecule has 25 heavy (non-hydrogen) atoms. The van der Waals surface area contributed by atoms with E-state index in [9.17, 15) is 9.59 Å². The summed E-state index contributed by atoms with van der Waals surface area (Å²) in [5, 5.41) is 5.50. The van der Waals surface area contributed by atoms with Gasteiger partial charge in [-0.3, -0.25) is 9.59 Å². The Morgan fingerprint density at radius 3 is 2.80 bits per heavy atom. The minimum atomic E-state index is -0.285. The molecule has 0 spiro atoms. The molecule has 0 saturated carbocycles. The van der Waals surface area contributed by atoms with E-state index in [4.69, 9.17) is 4.74 Å². The molecule has 0 aliphatic carbocycles. The van der Waals surface area contributed by atoms with Crippen molar-refractivity contribution >= 4 is 11.8 Å². The van der Waals surface area contributed by atoms with Crippen LogP contribution in [0.25, 0.3) is 0 Å². The Morgan fingerprint density at radius 2 is 2.08 bits per heavy atom. The number of likely N-dealkylation sites (tertiary alicyclic amines) is 1. The SMILES string of the molecule is COc1cccc(C(=O)NCC(=O)NCCN2CCCC(C)(C)C2)c1. The second-order valence-electron chi connectivity index (χ2n) is 7.31. The van der Waals surface area contributed by atoms with E-state index < -0.39 is 0 Å². The number of nitrogens with one attached hydrogen (secondary N) is 2. The van der Waals surface area contributed by atoms with Crippen molar-refractivity contribution in [3.05, 3.63) is 29.8 Å². The summed E-state index contributed by atoms with van der Waals surface area (Å²) in [5.41, 5.74) is 0.829. The molecule has 2 N–H and O–H groups in total. The molecule has 0 radical (unpaired) electrons. The van der Waals surface area contributed by atoms with Crippen molar-refractivity contribution in [2.24, 2.45) is 5.41 Å². The Hall–Kier alpha value is -2.08. The zero-order valence-corrected chi connectivity index (χ0v) is 15.4. The van der Waals surface area contributed by atoms with Crippen LogP contribution >= 0.6 is 0 Å². The molecule has 2 rings (SSSR count). The number of ether oxygens (including phenoxy) is 1. The van der Waals surface area contributed by atoms with Crippen molar-refractivity contribution in [1.29, 1.82) is 0 Å². The van der Waals surface area contributed by atoms with Gasteiger partial charge in [0, 0.05) is 25.2 Å². The van der Waals surface area contributed by atoms with E-state index in [1.54, 1.807) is 31.4 Å². The van der Waals surface area contributed by atoms with Gasteiger partial charge >= 0.3 is 0 Å². The molecule has 1 aromatic rings. The van der Waals surface area contributed by atoms with Crippen LogP contribution in [0.3, 0.4) is 0 Å². The summed E-state index contributed by atoms with van der Waals surface area (Å²) in [6.45, 7) is 8.14. The summed E-state index contributed by atoms with van der Waals surface area (Å²) in [4.78, 5) is 26.3. The maximum absolute atomic E-state index is 12.1. The van der Waals surface area contributed by atoms with Gasteiger partial charge in [-0.05, 0) is 43.0 Å². The lowest BCUT2D eigenvalue weighted by Gasteiger charge is -2.38. The molecule has 0 atom stereocenters. The van der Waals surface area contributed by atoms with Crippen LogP contribution < -0.4 is 15.4 Å². The third-order valence-electron chi connectivity index (χ3n) is 4.47. The van der Waals surface area contributed by atoms with Crippen molar-refractivity contribution in [3.8, 4) is 5.75 Å². The third-order valence-corrected chi connectivity index (χ3v) is 4.47. The van der Waals surface area contributed by atoms with E-state index >= 15 is 0 Å². The number of methoxy groups -OCH3 is 1. The van der Waals surface area contributed by atoms with Gasteiger partial charge in [-0.25, -0.2) is 0 Å². The number of hydrogen-bond donors (Lipinski definition) is 2. The molecule has 0 aromatic heterocycles. The van der Waals surface area contributed by atoms with Gasteiger partial charge in [0.05, 0.1) is 13.7 Å². The van der Waals surface area contributed by atoms with E-state index in [1.165, 1.54) is 12.8 Å². The first-order valence-electron chi connectivity index (χ1n) is 8.81. The molecule has 1 aromatic carbocycles. The van der Waals surface area contributed by atoms with Crippen LogP contribution in [0.4, 0.5) is 0 Å². The summed E-state index contributed by atoms with van der Waals surface area (Å²) in [6.07, 6.45) is 2.46. The Bertz CT molecular complexity index is 601. The number of amides is 2. The Kier molecular flexibility index (Phi) is 6.82. The number of nitrogens with zero attached hydrogens (tertiary/aromatic N) is 1. The van der Waals surface area contributed by atoms with Crippen LogP contribution in [0.2, 0.25) is 0 Å². The Labute approximate surface area is 149 Å². The predicted octanol–water partition coefficient (Wildman–Crippen LogP) is 1.66. The first kappa shape index (κ1) is 19.2. The molecule has 2 amide bonds. The first-order valence-corrected chi connectivity index (χ1v) is 8.81. The van der Waals surface area contributed by atoms with E-state index in [2.05, 4.69) is 29.4 Å². The van der Waals surface area contributed by atoms with Crippen molar-refractivity contribution in [1.82, 2.24) is 15.5 Å². The topological polar surface area (TPSA) is 70.7 Å². The number of benzene rings is 1. The van der Waals surface area contributed by atoms with Crippen LogP contribution in [0.1, 0.15) is 37.0 Å². The van der Waals surface area contributed by atoms with Crippen molar-refractivity contribution in [2.45, 2.75) is 26.7 Å². The second-order valence-corrected chi connectivity index (χ2v) is 7.31. The highest BCUT2D eigenvalue weighted by atomic mass is 16.5. The van der Waals surface area contributed by atoms with Crippen molar-refractivity contribution < 1.29 is 14.3 Å². The van der Waals surface area contributed by atoms with Gasteiger partial charge in [0.1, 0.15) is 5.75 Å². The molecule has 138 valence electrons. The van der Waals surface area contributed by atoms with E-state index in [1.807, 2.05) is 0 Å².